The summed E-state index contributed by atoms with van der Waals surface area (Å²) >= 11 is 8.13. The quantitative estimate of drug-likeness (QED) is 0.911. The molecule has 1 aliphatic heterocycles. The molecule has 1 atom stereocenters. The number of amides is 1. The Labute approximate surface area is 136 Å². The SMILES string of the molecule is CN(C)C(=O)c1cc(NC2CSCCC2(C)C)ccc1Cl. The van der Waals surface area contributed by atoms with Crippen LogP contribution >= 0.6 is 23.4 Å². The number of halogens is 1. The summed E-state index contributed by atoms with van der Waals surface area (Å²) in [5.74, 6) is 2.24. The van der Waals surface area contributed by atoms with Crippen molar-refractivity contribution in [3.63, 3.8) is 0 Å². The third-order valence-corrected chi connectivity index (χ3v) is 5.45. The molecule has 0 aromatic heterocycles. The highest BCUT2D eigenvalue weighted by Gasteiger charge is 2.32. The monoisotopic (exact) mass is 326 g/mol. The molecule has 1 aromatic carbocycles. The zero-order chi connectivity index (χ0) is 15.6. The lowest BCUT2D eigenvalue weighted by molar-refractivity contribution is 0.0828. The zero-order valence-corrected chi connectivity index (χ0v) is 14.6. The fourth-order valence-electron chi connectivity index (χ4n) is 2.39. The second-order valence-electron chi connectivity index (χ2n) is 6.40. The molecule has 0 radical (unpaired) electrons. The molecule has 1 unspecified atom stereocenters. The zero-order valence-electron chi connectivity index (χ0n) is 13.1. The van der Waals surface area contributed by atoms with Gasteiger partial charge >= 0.3 is 0 Å². The molecule has 0 aliphatic carbocycles. The van der Waals surface area contributed by atoms with Gasteiger partial charge in [0.2, 0.25) is 0 Å². The van der Waals surface area contributed by atoms with Gasteiger partial charge in [-0.3, -0.25) is 4.79 Å². The molecule has 1 amide bonds. The van der Waals surface area contributed by atoms with Gasteiger partial charge in [-0.15, -0.1) is 0 Å². The summed E-state index contributed by atoms with van der Waals surface area (Å²) in [4.78, 5) is 13.7. The average molecular weight is 327 g/mol. The molecule has 3 nitrogen and oxygen atoms in total. The van der Waals surface area contributed by atoms with Crippen molar-refractivity contribution in [1.82, 2.24) is 4.90 Å². The van der Waals surface area contributed by atoms with E-state index in [1.165, 1.54) is 12.2 Å². The molecule has 0 spiro atoms. The molecule has 1 saturated heterocycles. The smallest absolute Gasteiger partial charge is 0.254 e. The molecule has 0 bridgehead atoms. The van der Waals surface area contributed by atoms with Crippen LogP contribution in [0, 0.1) is 5.41 Å². The first-order valence-corrected chi connectivity index (χ1v) is 8.70. The highest BCUT2D eigenvalue weighted by molar-refractivity contribution is 7.99. The first kappa shape index (κ1) is 16.5. The number of hydrogen-bond acceptors (Lipinski definition) is 3. The normalized spacial score (nSPS) is 20.9. The number of hydrogen-bond donors (Lipinski definition) is 1. The van der Waals surface area contributed by atoms with E-state index in [4.69, 9.17) is 11.6 Å². The van der Waals surface area contributed by atoms with Crippen LogP contribution in [-0.4, -0.2) is 42.4 Å². The van der Waals surface area contributed by atoms with Crippen molar-refractivity contribution in [2.45, 2.75) is 26.3 Å². The Bertz CT molecular complexity index is 531. The van der Waals surface area contributed by atoms with Crippen LogP contribution in [0.25, 0.3) is 0 Å². The summed E-state index contributed by atoms with van der Waals surface area (Å²) in [5, 5.41) is 4.08. The van der Waals surface area contributed by atoms with Crippen LogP contribution in [0.1, 0.15) is 30.6 Å². The summed E-state index contributed by atoms with van der Waals surface area (Å²) in [7, 11) is 3.47. The minimum atomic E-state index is -0.0686. The van der Waals surface area contributed by atoms with Crippen LogP contribution in [0.4, 0.5) is 5.69 Å². The van der Waals surface area contributed by atoms with Gasteiger partial charge in [0.05, 0.1) is 10.6 Å². The fraction of sp³-hybridized carbons (Fsp3) is 0.562. The summed E-state index contributed by atoms with van der Waals surface area (Å²) in [5.41, 5.74) is 1.77. The molecule has 1 heterocycles. The largest absolute Gasteiger partial charge is 0.381 e. The highest BCUT2D eigenvalue weighted by atomic mass is 35.5. The predicted molar refractivity (Wildman–Crippen MR) is 92.6 cm³/mol. The van der Waals surface area contributed by atoms with Crippen molar-refractivity contribution < 1.29 is 4.79 Å². The second kappa shape index (κ2) is 6.49. The van der Waals surface area contributed by atoms with Crippen molar-refractivity contribution >= 4 is 35.0 Å². The Balaban J connectivity index is 2.21. The average Bonchev–Trinajstić information content (AvgIpc) is 2.42. The minimum Gasteiger partial charge on any atom is -0.381 e. The lowest BCUT2D eigenvalue weighted by atomic mass is 9.82. The molecule has 21 heavy (non-hydrogen) atoms. The number of thioether (sulfide) groups is 1. The number of carbonyl (C=O) groups excluding carboxylic acids is 1. The number of nitrogens with zero attached hydrogens (tertiary/aromatic N) is 1. The molecule has 5 heteroatoms. The first-order chi connectivity index (χ1) is 9.81. The minimum absolute atomic E-state index is 0.0686. The number of benzene rings is 1. The summed E-state index contributed by atoms with van der Waals surface area (Å²) in [6.45, 7) is 4.60. The number of nitrogens with one attached hydrogen (secondary N) is 1. The van der Waals surface area contributed by atoms with Crippen molar-refractivity contribution in [3.8, 4) is 0 Å². The van der Waals surface area contributed by atoms with Gasteiger partial charge in [-0.2, -0.15) is 11.8 Å². The van der Waals surface area contributed by atoms with Gasteiger partial charge < -0.3 is 10.2 Å². The summed E-state index contributed by atoms with van der Waals surface area (Å²) < 4.78 is 0. The van der Waals surface area contributed by atoms with E-state index in [1.54, 1.807) is 25.1 Å². The standard InChI is InChI=1S/C16H23ClN2OS/c1-16(2)7-8-21-10-14(16)18-11-5-6-13(17)12(9-11)15(20)19(3)4/h5-6,9,14,18H,7-8,10H2,1-4H3. The third-order valence-electron chi connectivity index (χ3n) is 4.06. The van der Waals surface area contributed by atoms with Crippen molar-refractivity contribution in [3.05, 3.63) is 28.8 Å². The highest BCUT2D eigenvalue weighted by Crippen LogP contribution is 2.36. The molecule has 2 rings (SSSR count). The Morgan fingerprint density at radius 3 is 2.76 bits per heavy atom. The second-order valence-corrected chi connectivity index (χ2v) is 7.96. The van der Waals surface area contributed by atoms with Gasteiger partial charge in [0.25, 0.3) is 5.91 Å². The molecule has 0 saturated carbocycles. The van der Waals surface area contributed by atoms with Gasteiger partial charge in [-0.1, -0.05) is 25.4 Å². The van der Waals surface area contributed by atoms with Gasteiger partial charge in [0.1, 0.15) is 0 Å². The van der Waals surface area contributed by atoms with Gasteiger partial charge in [-0.25, -0.2) is 0 Å². The van der Waals surface area contributed by atoms with Crippen LogP contribution < -0.4 is 5.32 Å². The lowest BCUT2D eigenvalue weighted by Crippen LogP contribution is -2.41. The molecule has 1 fully saturated rings. The fourth-order valence-corrected chi connectivity index (χ4v) is 4.20. The van der Waals surface area contributed by atoms with E-state index < -0.39 is 0 Å². The van der Waals surface area contributed by atoms with Crippen molar-refractivity contribution in [1.29, 1.82) is 0 Å². The van der Waals surface area contributed by atoms with Crippen LogP contribution in [0.2, 0.25) is 5.02 Å². The molecular formula is C16H23ClN2OS. The van der Waals surface area contributed by atoms with E-state index in [1.807, 2.05) is 23.9 Å². The topological polar surface area (TPSA) is 32.3 Å². The summed E-state index contributed by atoms with van der Waals surface area (Å²) in [6, 6.07) is 6.01. The van der Waals surface area contributed by atoms with E-state index in [9.17, 15) is 4.79 Å². The van der Waals surface area contributed by atoms with Gasteiger partial charge in [0.15, 0.2) is 0 Å². The molecule has 1 aromatic rings. The first-order valence-electron chi connectivity index (χ1n) is 7.17. The van der Waals surface area contributed by atoms with E-state index in [2.05, 4.69) is 19.2 Å². The van der Waals surface area contributed by atoms with Gasteiger partial charge in [0, 0.05) is 31.6 Å². The molecule has 1 N–H and O–H groups in total. The van der Waals surface area contributed by atoms with Crippen LogP contribution in [-0.2, 0) is 0 Å². The Morgan fingerprint density at radius 2 is 2.14 bits per heavy atom. The maximum absolute atomic E-state index is 12.1. The van der Waals surface area contributed by atoms with E-state index >= 15 is 0 Å². The molecular weight excluding hydrogens is 304 g/mol. The number of rotatable bonds is 3. The van der Waals surface area contributed by atoms with E-state index in [-0.39, 0.29) is 11.3 Å². The maximum atomic E-state index is 12.1. The molecule has 116 valence electrons. The lowest BCUT2D eigenvalue weighted by Gasteiger charge is -2.39. The number of anilines is 1. The third kappa shape index (κ3) is 3.86. The van der Waals surface area contributed by atoms with Gasteiger partial charge in [-0.05, 0) is 35.8 Å². The van der Waals surface area contributed by atoms with Crippen LogP contribution in [0.15, 0.2) is 18.2 Å². The Hall–Kier alpha value is -0.870. The van der Waals surface area contributed by atoms with Crippen molar-refractivity contribution in [2.75, 3.05) is 30.9 Å². The van der Waals surface area contributed by atoms with Crippen LogP contribution in [0.3, 0.4) is 0 Å². The molecule has 1 aliphatic rings. The van der Waals surface area contributed by atoms with Crippen LogP contribution in [0.5, 0.6) is 0 Å². The van der Waals surface area contributed by atoms with Crippen molar-refractivity contribution in [2.24, 2.45) is 5.41 Å². The predicted octanol–water partition coefficient (Wildman–Crippen LogP) is 3.99. The van der Waals surface area contributed by atoms with E-state index in [0.717, 1.165) is 11.4 Å². The van der Waals surface area contributed by atoms with E-state index in [0.29, 0.717) is 16.6 Å². The Morgan fingerprint density at radius 1 is 1.43 bits per heavy atom. The Kier molecular flexibility index (Phi) is 5.10. The maximum Gasteiger partial charge on any atom is 0.254 e. The summed E-state index contributed by atoms with van der Waals surface area (Å²) in [6.07, 6.45) is 1.20. The number of carbonyl (C=O) groups is 1.